The molecule has 1 unspecified atom stereocenters. The Labute approximate surface area is 186 Å². The molecule has 166 valence electrons. The second-order valence-corrected chi connectivity index (χ2v) is 8.55. The van der Waals surface area contributed by atoms with Crippen molar-refractivity contribution >= 4 is 23.2 Å². The van der Waals surface area contributed by atoms with Crippen LogP contribution in [0.1, 0.15) is 44.1 Å². The summed E-state index contributed by atoms with van der Waals surface area (Å²) in [7, 11) is 1.70. The summed E-state index contributed by atoms with van der Waals surface area (Å²) in [4.78, 5) is 2.67. The molecule has 2 fully saturated rings. The van der Waals surface area contributed by atoms with Gasteiger partial charge in [0.2, 0.25) is 0 Å². The Morgan fingerprint density at radius 1 is 1.06 bits per heavy atom. The molecule has 1 aliphatic heterocycles. The minimum atomic E-state index is 0.337. The third kappa shape index (κ3) is 5.53. The Hall–Kier alpha value is -2.66. The molecule has 0 radical (unpaired) electrons. The average molecular weight is 421 g/mol. The molecule has 1 atom stereocenters. The highest BCUT2D eigenvalue weighted by molar-refractivity contribution is 6.03. The SMILES string of the molecule is C=CNC1CCC(N2CCCC(C(=N)c3ccc4cc(OC)ccc4c3)C2)CC1.C=N. The van der Waals surface area contributed by atoms with Crippen LogP contribution in [0.15, 0.2) is 49.2 Å². The van der Waals surface area contributed by atoms with Gasteiger partial charge in [-0.2, -0.15) is 0 Å². The first kappa shape index (κ1) is 23.0. The van der Waals surface area contributed by atoms with Crippen molar-refractivity contribution in [3.8, 4) is 5.75 Å². The molecule has 0 amide bonds. The Morgan fingerprint density at radius 3 is 2.48 bits per heavy atom. The first-order valence-corrected chi connectivity index (χ1v) is 11.3. The van der Waals surface area contributed by atoms with E-state index in [1.807, 2.05) is 12.3 Å². The van der Waals surface area contributed by atoms with Crippen LogP contribution in [0, 0.1) is 16.7 Å². The number of hydrogen-bond acceptors (Lipinski definition) is 5. The van der Waals surface area contributed by atoms with Crippen molar-refractivity contribution in [3.63, 3.8) is 0 Å². The number of hydrogen-bond donors (Lipinski definition) is 3. The van der Waals surface area contributed by atoms with Crippen LogP contribution in [-0.2, 0) is 0 Å². The zero-order chi connectivity index (χ0) is 22.2. The summed E-state index contributed by atoms with van der Waals surface area (Å²) in [6, 6.07) is 13.8. The van der Waals surface area contributed by atoms with Gasteiger partial charge in [-0.05, 0) is 92.5 Å². The molecule has 1 aliphatic carbocycles. The number of likely N-dealkylation sites (tertiary alicyclic amines) is 1. The van der Waals surface area contributed by atoms with Crippen LogP contribution >= 0.6 is 0 Å². The van der Waals surface area contributed by atoms with Crippen molar-refractivity contribution in [2.75, 3.05) is 20.2 Å². The molecule has 5 nitrogen and oxygen atoms in total. The molecule has 0 spiro atoms. The van der Waals surface area contributed by atoms with Crippen LogP contribution in [0.3, 0.4) is 0 Å². The van der Waals surface area contributed by atoms with Crippen LogP contribution in [0.2, 0.25) is 0 Å². The van der Waals surface area contributed by atoms with E-state index >= 15 is 0 Å². The summed E-state index contributed by atoms with van der Waals surface area (Å²) in [5, 5.41) is 20.1. The molecule has 2 aromatic rings. The summed E-state index contributed by atoms with van der Waals surface area (Å²) >= 11 is 0. The molecule has 1 heterocycles. The molecule has 3 N–H and O–H groups in total. The van der Waals surface area contributed by atoms with E-state index in [9.17, 15) is 0 Å². The highest BCUT2D eigenvalue weighted by atomic mass is 16.5. The van der Waals surface area contributed by atoms with E-state index in [-0.39, 0.29) is 0 Å². The molecule has 1 saturated heterocycles. The van der Waals surface area contributed by atoms with Gasteiger partial charge in [-0.25, -0.2) is 0 Å². The zero-order valence-electron chi connectivity index (χ0n) is 18.7. The maximum Gasteiger partial charge on any atom is 0.119 e. The number of benzene rings is 2. The Morgan fingerprint density at radius 2 is 1.77 bits per heavy atom. The van der Waals surface area contributed by atoms with Gasteiger partial charge in [0.1, 0.15) is 5.75 Å². The molecule has 31 heavy (non-hydrogen) atoms. The predicted molar refractivity (Wildman–Crippen MR) is 131 cm³/mol. The molecule has 0 aromatic heterocycles. The minimum Gasteiger partial charge on any atom is -0.497 e. The van der Waals surface area contributed by atoms with Crippen LogP contribution in [0.25, 0.3) is 10.8 Å². The van der Waals surface area contributed by atoms with Crippen LogP contribution in [0.4, 0.5) is 0 Å². The fourth-order valence-electron chi connectivity index (χ4n) is 5.10. The summed E-state index contributed by atoms with van der Waals surface area (Å²) < 4.78 is 5.33. The monoisotopic (exact) mass is 420 g/mol. The van der Waals surface area contributed by atoms with Gasteiger partial charge in [0.25, 0.3) is 0 Å². The third-order valence-electron chi connectivity index (χ3n) is 6.79. The van der Waals surface area contributed by atoms with Gasteiger partial charge in [-0.1, -0.05) is 24.8 Å². The van der Waals surface area contributed by atoms with E-state index in [0.29, 0.717) is 18.0 Å². The number of nitrogens with one attached hydrogen (secondary N) is 3. The maximum atomic E-state index is 8.90. The Kier molecular flexibility index (Phi) is 8.24. The average Bonchev–Trinajstić information content (AvgIpc) is 2.85. The summed E-state index contributed by atoms with van der Waals surface area (Å²) in [6.45, 7) is 8.52. The lowest BCUT2D eigenvalue weighted by molar-refractivity contribution is 0.109. The topological polar surface area (TPSA) is 72.2 Å². The largest absolute Gasteiger partial charge is 0.497 e. The van der Waals surface area contributed by atoms with E-state index in [4.69, 9.17) is 15.6 Å². The van der Waals surface area contributed by atoms with E-state index in [2.05, 4.69) is 53.8 Å². The molecule has 2 aromatic carbocycles. The second kappa shape index (κ2) is 11.1. The lowest BCUT2D eigenvalue weighted by Crippen LogP contribution is -2.47. The molecular weight excluding hydrogens is 384 g/mol. The normalized spacial score (nSPS) is 24.0. The second-order valence-electron chi connectivity index (χ2n) is 8.55. The summed E-state index contributed by atoms with van der Waals surface area (Å²) in [5.74, 6) is 1.21. The third-order valence-corrected chi connectivity index (χ3v) is 6.79. The van der Waals surface area contributed by atoms with Crippen molar-refractivity contribution < 1.29 is 4.74 Å². The number of fused-ring (bicyclic) bond motifs is 1. The lowest BCUT2D eigenvalue weighted by atomic mass is 9.85. The number of nitrogens with zero attached hydrogens (tertiary/aromatic N) is 1. The van der Waals surface area contributed by atoms with Gasteiger partial charge in [0.15, 0.2) is 0 Å². The van der Waals surface area contributed by atoms with E-state index < -0.39 is 0 Å². The quantitative estimate of drug-likeness (QED) is 0.560. The van der Waals surface area contributed by atoms with Crippen molar-refractivity contribution in [1.82, 2.24) is 10.2 Å². The highest BCUT2D eigenvalue weighted by Crippen LogP contribution is 2.30. The number of piperidine rings is 1. The van der Waals surface area contributed by atoms with Gasteiger partial charge in [0.05, 0.1) is 7.11 Å². The van der Waals surface area contributed by atoms with Crippen molar-refractivity contribution in [2.45, 2.75) is 50.6 Å². The summed E-state index contributed by atoms with van der Waals surface area (Å²) in [6.07, 6.45) is 9.12. The van der Waals surface area contributed by atoms with Gasteiger partial charge < -0.3 is 20.9 Å². The minimum absolute atomic E-state index is 0.337. The molecular formula is C26H36N4O. The molecule has 5 heteroatoms. The number of methoxy groups -OCH3 is 1. The lowest BCUT2D eigenvalue weighted by Gasteiger charge is -2.41. The van der Waals surface area contributed by atoms with E-state index in [1.54, 1.807) is 7.11 Å². The predicted octanol–water partition coefficient (Wildman–Crippen LogP) is 5.24. The molecule has 1 saturated carbocycles. The standard InChI is InChI=1S/C25H33N3O.CH3N/c1-3-27-22-9-11-23(12-10-22)28-14-4-5-21(17-28)25(26)20-7-6-19-16-24(29-2)13-8-18(19)15-20;1-2/h3,6-8,13,15-16,21-23,26-27H,1,4-5,9-12,14,17H2,2H3;2H,1H2. The van der Waals surface area contributed by atoms with Crippen molar-refractivity contribution in [1.29, 1.82) is 10.8 Å². The Balaban J connectivity index is 0.00000132. The highest BCUT2D eigenvalue weighted by Gasteiger charge is 2.31. The molecule has 0 bridgehead atoms. The maximum absolute atomic E-state index is 8.90. The van der Waals surface area contributed by atoms with Gasteiger partial charge >= 0.3 is 0 Å². The fraction of sp³-hybridized carbons (Fsp3) is 0.462. The zero-order valence-corrected chi connectivity index (χ0v) is 18.7. The van der Waals surface area contributed by atoms with Gasteiger partial charge in [0, 0.05) is 30.3 Å². The fourth-order valence-corrected chi connectivity index (χ4v) is 5.10. The van der Waals surface area contributed by atoms with Crippen LogP contribution < -0.4 is 10.1 Å². The van der Waals surface area contributed by atoms with Crippen molar-refractivity contribution in [2.24, 2.45) is 5.92 Å². The van der Waals surface area contributed by atoms with Gasteiger partial charge in [-0.15, -0.1) is 0 Å². The first-order chi connectivity index (χ1) is 15.2. The van der Waals surface area contributed by atoms with E-state index in [1.165, 1.54) is 44.0 Å². The first-order valence-electron chi connectivity index (χ1n) is 11.3. The number of rotatable bonds is 6. The van der Waals surface area contributed by atoms with Crippen LogP contribution in [0.5, 0.6) is 5.75 Å². The number of ether oxygens (including phenoxy) is 1. The smallest absolute Gasteiger partial charge is 0.119 e. The molecule has 2 aliphatic rings. The van der Waals surface area contributed by atoms with Crippen molar-refractivity contribution in [3.05, 3.63) is 54.7 Å². The van der Waals surface area contributed by atoms with Gasteiger partial charge in [-0.3, -0.25) is 4.90 Å². The summed E-state index contributed by atoms with van der Waals surface area (Å²) in [5.41, 5.74) is 1.86. The van der Waals surface area contributed by atoms with E-state index in [0.717, 1.165) is 35.4 Å². The Bertz CT molecular complexity index is 888. The molecule has 4 rings (SSSR count). The van der Waals surface area contributed by atoms with Crippen LogP contribution in [-0.4, -0.2) is 49.6 Å².